The maximum Gasteiger partial charge on any atom is 0.157 e. The molecule has 0 N–H and O–H groups in total. The van der Waals surface area contributed by atoms with Gasteiger partial charge in [0.1, 0.15) is 16.6 Å². The molecule has 0 radical (unpaired) electrons. The smallest absolute Gasteiger partial charge is 0.157 e. The van der Waals surface area contributed by atoms with Crippen molar-refractivity contribution in [2.75, 3.05) is 6.61 Å². The molecule has 1 aliphatic rings. The van der Waals surface area contributed by atoms with Gasteiger partial charge in [0.15, 0.2) is 5.82 Å². The monoisotopic (exact) mass is 324 g/mol. The van der Waals surface area contributed by atoms with Crippen molar-refractivity contribution in [3.63, 3.8) is 0 Å². The summed E-state index contributed by atoms with van der Waals surface area (Å²) in [6.07, 6.45) is 6.66. The van der Waals surface area contributed by atoms with E-state index in [1.807, 2.05) is 0 Å². The molecular formula is C16H21ClN2OS. The molecule has 0 spiro atoms. The third kappa shape index (κ3) is 3.38. The lowest BCUT2D eigenvalue weighted by Gasteiger charge is -2.21. The van der Waals surface area contributed by atoms with Crippen LogP contribution in [0.3, 0.4) is 0 Å². The fourth-order valence-electron chi connectivity index (χ4n) is 2.98. The van der Waals surface area contributed by atoms with Gasteiger partial charge in [-0.25, -0.2) is 9.97 Å². The Labute approximate surface area is 134 Å². The molecule has 5 heteroatoms. The minimum absolute atomic E-state index is 0.460. The van der Waals surface area contributed by atoms with Crippen molar-refractivity contribution in [2.24, 2.45) is 5.92 Å². The van der Waals surface area contributed by atoms with Gasteiger partial charge in [-0.3, -0.25) is 0 Å². The summed E-state index contributed by atoms with van der Waals surface area (Å²) in [5.41, 5.74) is 1.19. The van der Waals surface area contributed by atoms with Gasteiger partial charge in [0, 0.05) is 11.5 Å². The molecule has 0 amide bonds. The Morgan fingerprint density at radius 1 is 1.19 bits per heavy atom. The van der Waals surface area contributed by atoms with Gasteiger partial charge in [-0.2, -0.15) is 0 Å². The van der Waals surface area contributed by atoms with Crippen LogP contribution >= 0.6 is 22.9 Å². The number of nitrogens with zero attached hydrogens (tertiary/aromatic N) is 2. The van der Waals surface area contributed by atoms with E-state index < -0.39 is 0 Å². The van der Waals surface area contributed by atoms with E-state index in [9.17, 15) is 0 Å². The van der Waals surface area contributed by atoms with Crippen molar-refractivity contribution < 1.29 is 4.74 Å². The summed E-state index contributed by atoms with van der Waals surface area (Å²) < 4.78 is 5.82. The third-order valence-corrected chi connectivity index (χ3v) is 5.71. The van der Waals surface area contributed by atoms with Crippen LogP contribution in [0.1, 0.15) is 48.4 Å². The largest absolute Gasteiger partial charge is 0.373 e. The Kier molecular flexibility index (Phi) is 4.77. The Balaban J connectivity index is 1.67. The van der Waals surface area contributed by atoms with E-state index in [0.717, 1.165) is 16.8 Å². The van der Waals surface area contributed by atoms with Crippen LogP contribution in [0.2, 0.25) is 5.15 Å². The van der Waals surface area contributed by atoms with E-state index in [-0.39, 0.29) is 0 Å². The SMILES string of the molecule is Cc1sc2nc(COCC3CCCCC3)nc(Cl)c2c1C. The Bertz CT molecular complexity index is 635. The van der Waals surface area contributed by atoms with E-state index in [1.165, 1.54) is 42.5 Å². The highest BCUT2D eigenvalue weighted by Crippen LogP contribution is 2.33. The minimum Gasteiger partial charge on any atom is -0.373 e. The van der Waals surface area contributed by atoms with Gasteiger partial charge < -0.3 is 4.74 Å². The third-order valence-electron chi connectivity index (χ3n) is 4.34. The van der Waals surface area contributed by atoms with Crippen molar-refractivity contribution in [3.8, 4) is 0 Å². The van der Waals surface area contributed by atoms with Crippen LogP contribution in [0.15, 0.2) is 0 Å². The summed E-state index contributed by atoms with van der Waals surface area (Å²) in [4.78, 5) is 11.2. The van der Waals surface area contributed by atoms with E-state index in [1.54, 1.807) is 11.3 Å². The molecule has 1 fully saturated rings. The van der Waals surface area contributed by atoms with Crippen LogP contribution in [0, 0.1) is 19.8 Å². The molecule has 2 aromatic rings. The van der Waals surface area contributed by atoms with Crippen LogP contribution in [-0.2, 0) is 11.3 Å². The summed E-state index contributed by atoms with van der Waals surface area (Å²) in [5.74, 6) is 1.41. The van der Waals surface area contributed by atoms with Crippen LogP contribution in [0.25, 0.3) is 10.2 Å². The lowest BCUT2D eigenvalue weighted by atomic mass is 9.90. The highest BCUT2D eigenvalue weighted by molar-refractivity contribution is 7.18. The van der Waals surface area contributed by atoms with Gasteiger partial charge in [-0.15, -0.1) is 11.3 Å². The number of hydrogen-bond acceptors (Lipinski definition) is 4. The second kappa shape index (κ2) is 6.59. The highest BCUT2D eigenvalue weighted by Gasteiger charge is 2.15. The summed E-state index contributed by atoms with van der Waals surface area (Å²) in [5, 5.41) is 1.55. The number of ether oxygens (including phenoxy) is 1. The first-order chi connectivity index (χ1) is 10.1. The highest BCUT2D eigenvalue weighted by atomic mass is 35.5. The molecule has 0 aromatic carbocycles. The Morgan fingerprint density at radius 3 is 2.71 bits per heavy atom. The minimum atomic E-state index is 0.460. The first kappa shape index (κ1) is 15.2. The predicted octanol–water partition coefficient (Wildman–Crippen LogP) is 5.06. The van der Waals surface area contributed by atoms with Gasteiger partial charge in [0.25, 0.3) is 0 Å². The zero-order chi connectivity index (χ0) is 14.8. The molecule has 0 aliphatic heterocycles. The van der Waals surface area contributed by atoms with Crippen molar-refractivity contribution in [1.82, 2.24) is 9.97 Å². The molecular weight excluding hydrogens is 304 g/mol. The zero-order valence-electron chi connectivity index (χ0n) is 12.6. The summed E-state index contributed by atoms with van der Waals surface area (Å²) in [7, 11) is 0. The molecule has 0 unspecified atom stereocenters. The molecule has 1 saturated carbocycles. The topological polar surface area (TPSA) is 35.0 Å². The molecule has 0 atom stereocenters. The molecule has 1 aliphatic carbocycles. The maximum absolute atomic E-state index is 6.31. The number of thiophene rings is 1. The van der Waals surface area contributed by atoms with Crippen molar-refractivity contribution in [3.05, 3.63) is 21.4 Å². The molecule has 0 bridgehead atoms. The summed E-state index contributed by atoms with van der Waals surface area (Å²) >= 11 is 7.99. The molecule has 2 heterocycles. The van der Waals surface area contributed by atoms with Crippen LogP contribution in [-0.4, -0.2) is 16.6 Å². The summed E-state index contributed by atoms with van der Waals surface area (Å²) in [6.45, 7) is 5.45. The second-order valence-corrected chi connectivity index (χ2v) is 7.47. The number of aromatic nitrogens is 2. The van der Waals surface area contributed by atoms with E-state index in [4.69, 9.17) is 16.3 Å². The number of fused-ring (bicyclic) bond motifs is 1. The van der Waals surface area contributed by atoms with Crippen molar-refractivity contribution in [2.45, 2.75) is 52.6 Å². The van der Waals surface area contributed by atoms with Crippen LogP contribution in [0.5, 0.6) is 0 Å². The van der Waals surface area contributed by atoms with Gasteiger partial charge in [0.05, 0.1) is 5.39 Å². The van der Waals surface area contributed by atoms with E-state index >= 15 is 0 Å². The van der Waals surface area contributed by atoms with Gasteiger partial charge in [0.2, 0.25) is 0 Å². The van der Waals surface area contributed by atoms with Gasteiger partial charge in [-0.1, -0.05) is 30.9 Å². The average molecular weight is 325 g/mol. The van der Waals surface area contributed by atoms with Gasteiger partial charge in [-0.05, 0) is 38.2 Å². The Morgan fingerprint density at radius 2 is 1.95 bits per heavy atom. The molecule has 2 aromatic heterocycles. The first-order valence-electron chi connectivity index (χ1n) is 7.65. The molecule has 21 heavy (non-hydrogen) atoms. The summed E-state index contributed by atoms with van der Waals surface area (Å²) in [6, 6.07) is 0. The van der Waals surface area contributed by atoms with Gasteiger partial charge >= 0.3 is 0 Å². The average Bonchev–Trinajstić information content (AvgIpc) is 2.75. The van der Waals surface area contributed by atoms with Crippen LogP contribution in [0.4, 0.5) is 0 Å². The number of halogens is 1. The Hall–Kier alpha value is -0.710. The number of rotatable bonds is 4. The molecule has 3 nitrogen and oxygen atoms in total. The fraction of sp³-hybridized carbons (Fsp3) is 0.625. The maximum atomic E-state index is 6.31. The number of aryl methyl sites for hydroxylation is 2. The standard InChI is InChI=1S/C16H21ClN2OS/c1-10-11(2)21-16-14(10)15(17)18-13(19-16)9-20-8-12-6-4-3-5-7-12/h12H,3-9H2,1-2H3. The lowest BCUT2D eigenvalue weighted by Crippen LogP contribution is -2.13. The van der Waals surface area contributed by atoms with Crippen molar-refractivity contribution >= 4 is 33.2 Å². The van der Waals surface area contributed by atoms with Crippen molar-refractivity contribution in [1.29, 1.82) is 0 Å². The molecule has 114 valence electrons. The van der Waals surface area contributed by atoms with E-state index in [0.29, 0.717) is 23.5 Å². The second-order valence-electron chi connectivity index (χ2n) is 5.91. The molecule has 3 rings (SSSR count). The molecule has 0 saturated heterocycles. The van der Waals surface area contributed by atoms with Crippen LogP contribution < -0.4 is 0 Å². The zero-order valence-corrected chi connectivity index (χ0v) is 14.2. The fourth-order valence-corrected chi connectivity index (χ4v) is 4.41. The number of hydrogen-bond donors (Lipinski definition) is 0. The lowest BCUT2D eigenvalue weighted by molar-refractivity contribution is 0.0701. The predicted molar refractivity (Wildman–Crippen MR) is 88.1 cm³/mol. The quantitative estimate of drug-likeness (QED) is 0.737. The normalized spacial score (nSPS) is 16.7. The first-order valence-corrected chi connectivity index (χ1v) is 8.84. The van der Waals surface area contributed by atoms with E-state index in [2.05, 4.69) is 23.8 Å².